The summed E-state index contributed by atoms with van der Waals surface area (Å²) in [6.07, 6.45) is 10.0. The summed E-state index contributed by atoms with van der Waals surface area (Å²) in [5, 5.41) is 0. The third kappa shape index (κ3) is 6.83. The molecule has 166 valence electrons. The van der Waals surface area contributed by atoms with Gasteiger partial charge in [-0.25, -0.2) is 4.39 Å². The average molecular weight is 417 g/mol. The Morgan fingerprint density at radius 1 is 0.862 bits per heavy atom. The van der Waals surface area contributed by atoms with E-state index in [1.54, 1.807) is 0 Å². The van der Waals surface area contributed by atoms with Gasteiger partial charge in [0.05, 0.1) is 12.2 Å². The minimum absolute atomic E-state index is 0.144. The maximum Gasteiger partial charge on any atom is 0.412 e. The predicted octanol–water partition coefficient (Wildman–Crippen LogP) is 7.78. The first-order valence-electron chi connectivity index (χ1n) is 11.5. The maximum absolute atomic E-state index is 13.8. The topological polar surface area (TPSA) is 9.23 Å². The van der Waals surface area contributed by atoms with Crippen molar-refractivity contribution < 1.29 is 22.3 Å². The van der Waals surface area contributed by atoms with Gasteiger partial charge in [-0.05, 0) is 101 Å². The summed E-state index contributed by atoms with van der Waals surface area (Å²) < 4.78 is 57.1. The molecule has 1 saturated heterocycles. The molecule has 0 spiro atoms. The van der Waals surface area contributed by atoms with E-state index in [1.807, 2.05) is 6.08 Å². The normalized spacial score (nSPS) is 37.3. The Labute approximate surface area is 173 Å². The van der Waals surface area contributed by atoms with Crippen LogP contribution in [0, 0.1) is 29.6 Å². The summed E-state index contributed by atoms with van der Waals surface area (Å²) in [5.74, 6) is 1.05. The minimum atomic E-state index is -4.55. The second-order valence-corrected chi connectivity index (χ2v) is 9.54. The molecule has 5 heteroatoms. The molecular weight excluding hydrogens is 380 g/mol. The van der Waals surface area contributed by atoms with E-state index in [9.17, 15) is 17.6 Å². The smallest absolute Gasteiger partial charge is 0.378 e. The van der Waals surface area contributed by atoms with Gasteiger partial charge in [-0.15, -0.1) is 6.58 Å². The van der Waals surface area contributed by atoms with Gasteiger partial charge >= 0.3 is 6.18 Å². The lowest BCUT2D eigenvalue weighted by Gasteiger charge is -2.41. The van der Waals surface area contributed by atoms with Gasteiger partial charge in [0.1, 0.15) is 5.83 Å². The van der Waals surface area contributed by atoms with Crippen LogP contribution in [0.15, 0.2) is 24.6 Å². The molecule has 0 aromatic carbocycles. The lowest BCUT2D eigenvalue weighted by atomic mass is 9.68. The first kappa shape index (κ1) is 22.8. The van der Waals surface area contributed by atoms with E-state index in [2.05, 4.69) is 6.58 Å². The second-order valence-electron chi connectivity index (χ2n) is 9.54. The summed E-state index contributed by atoms with van der Waals surface area (Å²) >= 11 is 0. The van der Waals surface area contributed by atoms with Gasteiger partial charge in [0, 0.05) is 12.5 Å². The fraction of sp³-hybridized carbons (Fsp3) is 0.833. The van der Waals surface area contributed by atoms with Gasteiger partial charge in [-0.1, -0.05) is 6.08 Å². The fourth-order valence-corrected chi connectivity index (χ4v) is 5.91. The third-order valence-electron chi connectivity index (χ3n) is 7.66. The highest BCUT2D eigenvalue weighted by molar-refractivity contribution is 5.03. The molecule has 2 aliphatic carbocycles. The lowest BCUT2D eigenvalue weighted by molar-refractivity contribution is -0.0822. The van der Waals surface area contributed by atoms with Crippen LogP contribution in [0.3, 0.4) is 0 Å². The highest BCUT2D eigenvalue weighted by atomic mass is 19.4. The highest BCUT2D eigenvalue weighted by Crippen LogP contribution is 2.45. The molecular formula is C24H36F4O. The SMILES string of the molecule is C=CCCC1CCC(C2CCC(C3CCC(/C(F)=C/C(F)(F)F)CC3)CC2)OC1. The van der Waals surface area contributed by atoms with Crippen LogP contribution >= 0.6 is 0 Å². The third-order valence-corrected chi connectivity index (χ3v) is 7.66. The number of alkyl halides is 3. The van der Waals surface area contributed by atoms with Crippen molar-refractivity contribution in [2.75, 3.05) is 6.61 Å². The van der Waals surface area contributed by atoms with E-state index >= 15 is 0 Å². The molecule has 0 N–H and O–H groups in total. The van der Waals surface area contributed by atoms with E-state index in [0.717, 1.165) is 25.9 Å². The molecule has 29 heavy (non-hydrogen) atoms. The molecule has 3 aliphatic rings. The molecule has 1 aliphatic heterocycles. The monoisotopic (exact) mass is 416 g/mol. The van der Waals surface area contributed by atoms with E-state index in [4.69, 9.17) is 4.74 Å². The van der Waals surface area contributed by atoms with Crippen LogP contribution in [0.5, 0.6) is 0 Å². The molecule has 1 heterocycles. The number of rotatable bonds is 6. The van der Waals surface area contributed by atoms with Gasteiger partial charge in [-0.2, -0.15) is 13.2 Å². The van der Waals surface area contributed by atoms with E-state index in [-0.39, 0.29) is 6.08 Å². The van der Waals surface area contributed by atoms with Crippen LogP contribution in [0.25, 0.3) is 0 Å². The number of halogens is 4. The Bertz CT molecular complexity index is 532. The average Bonchev–Trinajstić information content (AvgIpc) is 2.72. The zero-order valence-corrected chi connectivity index (χ0v) is 17.4. The fourth-order valence-electron chi connectivity index (χ4n) is 5.91. The summed E-state index contributed by atoms with van der Waals surface area (Å²) in [7, 11) is 0. The molecule has 2 unspecified atom stereocenters. The zero-order chi connectivity index (χ0) is 20.9. The van der Waals surface area contributed by atoms with Crippen LogP contribution in [0.1, 0.15) is 77.0 Å². The van der Waals surface area contributed by atoms with E-state index in [1.165, 1.54) is 44.9 Å². The summed E-state index contributed by atoms with van der Waals surface area (Å²) in [4.78, 5) is 0. The van der Waals surface area contributed by atoms with Crippen molar-refractivity contribution in [3.63, 3.8) is 0 Å². The first-order valence-corrected chi connectivity index (χ1v) is 11.5. The Morgan fingerprint density at radius 2 is 1.45 bits per heavy atom. The van der Waals surface area contributed by atoms with Crippen molar-refractivity contribution in [2.45, 2.75) is 89.3 Å². The molecule has 3 rings (SSSR count). The highest BCUT2D eigenvalue weighted by Gasteiger charge is 2.36. The molecule has 0 aromatic rings. The lowest BCUT2D eigenvalue weighted by Crippen LogP contribution is -2.35. The number of hydrogen-bond donors (Lipinski definition) is 0. The van der Waals surface area contributed by atoms with Crippen molar-refractivity contribution in [2.24, 2.45) is 29.6 Å². The van der Waals surface area contributed by atoms with Crippen molar-refractivity contribution in [1.82, 2.24) is 0 Å². The standard InChI is InChI=1S/C24H36F4O/c1-2-3-4-17-5-14-23(29-16-17)21-12-8-19(9-13-21)18-6-10-20(11-7-18)22(25)15-24(26,27)28/h2,15,17-21,23H,1,3-14,16H2/b22-15-. The number of hydrogen-bond acceptors (Lipinski definition) is 1. The van der Waals surface area contributed by atoms with Crippen LogP contribution < -0.4 is 0 Å². The Morgan fingerprint density at radius 3 is 1.97 bits per heavy atom. The van der Waals surface area contributed by atoms with Crippen molar-refractivity contribution in [1.29, 1.82) is 0 Å². The zero-order valence-electron chi connectivity index (χ0n) is 17.4. The first-order chi connectivity index (χ1) is 13.9. The van der Waals surface area contributed by atoms with Crippen molar-refractivity contribution in [3.05, 3.63) is 24.6 Å². The molecule has 0 bridgehead atoms. The summed E-state index contributed by atoms with van der Waals surface area (Å²) in [6.45, 7) is 4.69. The van der Waals surface area contributed by atoms with Gasteiger partial charge in [0.15, 0.2) is 0 Å². The summed E-state index contributed by atoms with van der Waals surface area (Å²) in [6, 6.07) is 0. The Kier molecular flexibility index (Phi) is 8.23. The number of ether oxygens (including phenoxy) is 1. The van der Waals surface area contributed by atoms with Crippen LogP contribution in [0.4, 0.5) is 17.6 Å². The molecule has 2 saturated carbocycles. The Hall–Kier alpha value is -0.840. The molecule has 2 atom stereocenters. The van der Waals surface area contributed by atoms with Gasteiger partial charge in [0.2, 0.25) is 0 Å². The molecule has 3 fully saturated rings. The summed E-state index contributed by atoms with van der Waals surface area (Å²) in [5.41, 5.74) is 0. The maximum atomic E-state index is 13.8. The number of allylic oxidation sites excluding steroid dienone is 3. The molecule has 0 radical (unpaired) electrons. The van der Waals surface area contributed by atoms with Gasteiger partial charge < -0.3 is 4.74 Å². The molecule has 0 aromatic heterocycles. The predicted molar refractivity (Wildman–Crippen MR) is 108 cm³/mol. The van der Waals surface area contributed by atoms with E-state index in [0.29, 0.717) is 42.6 Å². The quantitative estimate of drug-likeness (QED) is 0.317. The van der Waals surface area contributed by atoms with Gasteiger partial charge in [-0.3, -0.25) is 0 Å². The minimum Gasteiger partial charge on any atom is -0.378 e. The Balaban J connectivity index is 1.37. The largest absolute Gasteiger partial charge is 0.412 e. The van der Waals surface area contributed by atoms with Crippen molar-refractivity contribution in [3.8, 4) is 0 Å². The molecule has 1 nitrogen and oxygen atoms in total. The van der Waals surface area contributed by atoms with E-state index < -0.39 is 17.9 Å². The van der Waals surface area contributed by atoms with Gasteiger partial charge in [0.25, 0.3) is 0 Å². The van der Waals surface area contributed by atoms with Crippen LogP contribution in [0.2, 0.25) is 0 Å². The second kappa shape index (κ2) is 10.5. The molecule has 0 amide bonds. The van der Waals surface area contributed by atoms with Crippen LogP contribution in [-0.4, -0.2) is 18.9 Å². The van der Waals surface area contributed by atoms with Crippen LogP contribution in [-0.2, 0) is 4.74 Å². The van der Waals surface area contributed by atoms with Crippen molar-refractivity contribution >= 4 is 0 Å².